The third-order valence-electron chi connectivity index (χ3n) is 7.11. The molecule has 0 aromatic rings. The molecule has 0 N–H and O–H groups in total. The third-order valence-corrected chi connectivity index (χ3v) is 7.11. The first-order valence-electron chi connectivity index (χ1n) is 12.2. The number of alkyl halides is 36. The van der Waals surface area contributed by atoms with Gasteiger partial charge in [0.25, 0.3) is 0 Å². The molecule has 0 atom stereocenters. The first kappa shape index (κ1) is 51.5. The predicted octanol–water partition coefficient (Wildman–Crippen LogP) is 10.7. The van der Waals surface area contributed by atoms with Crippen LogP contribution in [-0.2, 0) is 9.47 Å². The topological polar surface area (TPSA) is 24.9 Å². The average Bonchev–Trinajstić information content (AvgIpc) is 2.92. The molecule has 0 aromatic heterocycles. The summed E-state index contributed by atoms with van der Waals surface area (Å²) in [4.78, 5) is -10.6. The zero-order valence-corrected chi connectivity index (χ0v) is 24.3. The number of hydrogen-bond donors (Lipinski definition) is 0. The maximum atomic E-state index is 14.2. The molecule has 2 aliphatic rings. The summed E-state index contributed by atoms with van der Waals surface area (Å²) in [5, 5.41) is 0. The summed E-state index contributed by atoms with van der Waals surface area (Å²) < 4.78 is 499. The van der Waals surface area contributed by atoms with E-state index in [4.69, 9.17) is 0 Å². The van der Waals surface area contributed by atoms with Gasteiger partial charge in [0.15, 0.2) is 0 Å². The molecule has 4 nitrogen and oxygen atoms in total. The first-order chi connectivity index (χ1) is 24.4. The van der Waals surface area contributed by atoms with Crippen LogP contribution in [0.25, 0.3) is 0 Å². The van der Waals surface area contributed by atoms with E-state index >= 15 is 0 Å². The van der Waals surface area contributed by atoms with Crippen molar-refractivity contribution in [3.8, 4) is 0 Å². The molecule has 2 rings (SSSR count). The quantitative estimate of drug-likeness (QED) is 0.152. The molecule has 0 spiro atoms. The summed E-state index contributed by atoms with van der Waals surface area (Å²) in [6, 6.07) is -53.4. The summed E-state index contributed by atoms with van der Waals surface area (Å²) >= 11 is 0. The molecular weight excluding hydrogens is 960 g/mol. The lowest BCUT2D eigenvalue weighted by Gasteiger charge is -2.52. The van der Waals surface area contributed by atoms with Gasteiger partial charge in [-0.05, 0) is 0 Å². The van der Waals surface area contributed by atoms with Crippen molar-refractivity contribution in [3.63, 3.8) is 0 Å². The van der Waals surface area contributed by atoms with Crippen molar-refractivity contribution in [2.75, 3.05) is 0 Å². The Morgan fingerprint density at radius 3 is 0.483 bits per heavy atom. The minimum absolute atomic E-state index is 1.31. The maximum absolute atomic E-state index is 14.2. The molecule has 346 valence electrons. The van der Waals surface area contributed by atoms with E-state index in [9.17, 15) is 158 Å². The molecule has 2 aliphatic heterocycles. The second-order valence-corrected chi connectivity index (χ2v) is 10.8. The summed E-state index contributed by atoms with van der Waals surface area (Å²) in [7, 11) is 0. The van der Waals surface area contributed by atoms with Crippen LogP contribution in [0.2, 0.25) is 0 Å². The van der Waals surface area contributed by atoms with Gasteiger partial charge < -0.3 is 0 Å². The van der Waals surface area contributed by atoms with Crippen molar-refractivity contribution >= 4 is 0 Å². The molecule has 0 aliphatic carbocycles. The summed E-state index contributed by atoms with van der Waals surface area (Å²) in [5.41, 5.74) is 0. The average molecular weight is 960 g/mol. The van der Waals surface area contributed by atoms with Crippen molar-refractivity contribution in [1.82, 2.24) is 9.80 Å². The molecule has 0 unspecified atom stereocenters. The van der Waals surface area contributed by atoms with Crippen LogP contribution in [0.3, 0.4) is 0 Å². The first-order valence-corrected chi connectivity index (χ1v) is 12.2. The standard InChI is InChI=1S/C18F36N2O2/c19-1(20,3(23,24)5(27,28)7(31,32)9(35,36)55-11(39,40)15(47,48)57-16(49,50)12(55,41)42)2(21,22)4(25,26)6(29,30)8(33,34)10(37,38)56-13(43,44)17(51,52)58-18(53,54)14(56,45)46. The van der Waals surface area contributed by atoms with Crippen LogP contribution in [0.15, 0.2) is 0 Å². The van der Waals surface area contributed by atoms with Crippen LogP contribution in [0.5, 0.6) is 0 Å². The SMILES string of the molecule is FC1(F)OC(F)(F)C(F)(F)N(C(F)(F)C(F)(F)C(F)(F)C(F)(F)C(F)(F)C(F)(F)C(F)(F)C(F)(F)C(F)(F)C(F)(F)N2C(F)(F)C(F)(F)OC(F)(F)C2(F)F)C1(F)F. The minimum atomic E-state index is -10.4. The highest BCUT2D eigenvalue weighted by Crippen LogP contribution is 2.70. The number of ether oxygens (including phenoxy) is 2. The number of rotatable bonds is 11. The summed E-state index contributed by atoms with van der Waals surface area (Å²) in [6.07, 6.45) is -31.7. The van der Waals surface area contributed by atoms with E-state index in [0.717, 1.165) is 0 Å². The van der Waals surface area contributed by atoms with Gasteiger partial charge in [-0.2, -0.15) is 158 Å². The van der Waals surface area contributed by atoms with Gasteiger partial charge in [0.05, 0.1) is 0 Å². The van der Waals surface area contributed by atoms with Crippen molar-refractivity contribution < 1.29 is 168 Å². The lowest BCUT2D eigenvalue weighted by molar-refractivity contribution is -0.600. The van der Waals surface area contributed by atoms with Crippen molar-refractivity contribution in [2.45, 2.75) is 108 Å². The van der Waals surface area contributed by atoms with Gasteiger partial charge in [-0.25, -0.2) is 9.47 Å². The highest BCUT2D eigenvalue weighted by atomic mass is 19.4. The molecule has 40 heteroatoms. The van der Waals surface area contributed by atoms with Crippen molar-refractivity contribution in [1.29, 1.82) is 0 Å². The molecular formula is C18F36N2O2. The van der Waals surface area contributed by atoms with E-state index in [1.54, 1.807) is 0 Å². The van der Waals surface area contributed by atoms with Crippen LogP contribution in [0.4, 0.5) is 158 Å². The van der Waals surface area contributed by atoms with Gasteiger partial charge in [-0.1, -0.05) is 9.80 Å². The fourth-order valence-corrected chi connectivity index (χ4v) is 3.99. The van der Waals surface area contributed by atoms with Crippen molar-refractivity contribution in [2.24, 2.45) is 0 Å². The molecule has 0 saturated carbocycles. The molecule has 0 radical (unpaired) electrons. The summed E-state index contributed by atoms with van der Waals surface area (Å²) in [6.45, 7) is 0. The number of hydrogen-bond acceptors (Lipinski definition) is 4. The normalized spacial score (nSPS) is 26.1. The number of halogens is 36. The smallest absolute Gasteiger partial charge is 0.243 e. The number of nitrogens with zero attached hydrogens (tertiary/aromatic N) is 2. The van der Waals surface area contributed by atoms with E-state index in [0.29, 0.717) is 0 Å². The second-order valence-electron chi connectivity index (χ2n) is 10.8. The fourth-order valence-electron chi connectivity index (χ4n) is 3.99. The Bertz CT molecular complexity index is 1430. The Balaban J connectivity index is 2.91. The Kier molecular flexibility index (Phi) is 10.7. The molecule has 0 amide bonds. The largest absolute Gasteiger partial charge is 0.439 e. The van der Waals surface area contributed by atoms with Crippen molar-refractivity contribution in [3.05, 3.63) is 0 Å². The second kappa shape index (κ2) is 12.0. The minimum Gasteiger partial charge on any atom is -0.243 e. The molecule has 2 heterocycles. The predicted molar refractivity (Wildman–Crippen MR) is 94.9 cm³/mol. The zero-order chi connectivity index (χ0) is 47.6. The Morgan fingerprint density at radius 2 is 0.345 bits per heavy atom. The molecule has 2 fully saturated rings. The molecule has 0 bridgehead atoms. The van der Waals surface area contributed by atoms with E-state index < -0.39 is 118 Å². The van der Waals surface area contributed by atoms with Crippen LogP contribution in [-0.4, -0.2) is 118 Å². The molecule has 58 heavy (non-hydrogen) atoms. The van der Waals surface area contributed by atoms with Gasteiger partial charge in [0.1, 0.15) is 0 Å². The van der Waals surface area contributed by atoms with Gasteiger partial charge in [-0.15, -0.1) is 0 Å². The Hall–Kier alpha value is -2.68. The Morgan fingerprint density at radius 1 is 0.224 bits per heavy atom. The van der Waals surface area contributed by atoms with Gasteiger partial charge in [0, 0.05) is 0 Å². The monoisotopic (exact) mass is 960 g/mol. The third kappa shape index (κ3) is 5.54. The lowest BCUT2D eigenvalue weighted by atomic mass is 9.86. The van der Waals surface area contributed by atoms with Crippen LogP contribution in [0, 0.1) is 0 Å². The van der Waals surface area contributed by atoms with Crippen LogP contribution in [0.1, 0.15) is 0 Å². The van der Waals surface area contributed by atoms with Crippen LogP contribution >= 0.6 is 0 Å². The Labute approximate surface area is 287 Å². The van der Waals surface area contributed by atoms with Gasteiger partial charge in [0.2, 0.25) is 0 Å². The van der Waals surface area contributed by atoms with E-state index in [1.807, 2.05) is 0 Å². The zero-order valence-electron chi connectivity index (χ0n) is 24.3. The fraction of sp³-hybridized carbons (Fsp3) is 1.00. The highest BCUT2D eigenvalue weighted by Gasteiger charge is 3.01. The molecule has 0 aromatic carbocycles. The number of morpholine rings is 2. The van der Waals surface area contributed by atoms with E-state index in [2.05, 4.69) is 0 Å². The van der Waals surface area contributed by atoms with Gasteiger partial charge >= 0.3 is 108 Å². The lowest BCUT2D eigenvalue weighted by Crippen LogP contribution is -2.84. The van der Waals surface area contributed by atoms with Crippen LogP contribution < -0.4 is 0 Å². The van der Waals surface area contributed by atoms with Gasteiger partial charge in [-0.3, -0.25) is 0 Å². The van der Waals surface area contributed by atoms with E-state index in [1.165, 1.54) is 9.47 Å². The highest BCUT2D eigenvalue weighted by molar-refractivity contribution is 5.20. The van der Waals surface area contributed by atoms with E-state index in [-0.39, 0.29) is 0 Å². The molecule has 2 saturated heterocycles. The maximum Gasteiger partial charge on any atom is 0.439 e. The summed E-state index contributed by atoms with van der Waals surface area (Å²) in [5.74, 6) is -81.8.